The normalized spacial score (nSPS) is 20.2. The van der Waals surface area contributed by atoms with Crippen LogP contribution in [0.2, 0.25) is 0 Å². The Kier molecular flexibility index (Phi) is 10.5. The third-order valence-electron chi connectivity index (χ3n) is 2.91. The van der Waals surface area contributed by atoms with Crippen LogP contribution >= 0.6 is 0 Å². The van der Waals surface area contributed by atoms with Crippen LogP contribution < -0.4 is 5.32 Å². The van der Waals surface area contributed by atoms with E-state index < -0.39 is 0 Å². The average Bonchev–Trinajstić information content (AvgIpc) is 2.42. The standard InChI is InChI=1S/C13H27NO4/c1-15-7-8-17-10-9-16-6-4-14-11-13-3-2-5-18-12-13/h13-14H,2-12H2,1H3. The van der Waals surface area contributed by atoms with Crippen LogP contribution in [0.4, 0.5) is 0 Å². The summed E-state index contributed by atoms with van der Waals surface area (Å²) in [6.07, 6.45) is 2.48. The van der Waals surface area contributed by atoms with Crippen molar-refractivity contribution in [2.75, 3.05) is 66.4 Å². The molecular weight excluding hydrogens is 234 g/mol. The Bertz CT molecular complexity index is 174. The number of rotatable bonds is 11. The van der Waals surface area contributed by atoms with Gasteiger partial charge < -0.3 is 24.3 Å². The second-order valence-electron chi connectivity index (χ2n) is 4.50. The molecule has 1 atom stereocenters. The van der Waals surface area contributed by atoms with Crippen LogP contribution in [0.5, 0.6) is 0 Å². The number of methoxy groups -OCH3 is 1. The summed E-state index contributed by atoms with van der Waals surface area (Å²) in [6, 6.07) is 0. The van der Waals surface area contributed by atoms with Gasteiger partial charge in [0, 0.05) is 26.8 Å². The molecule has 1 rings (SSSR count). The first kappa shape index (κ1) is 15.9. The Morgan fingerprint density at radius 3 is 2.61 bits per heavy atom. The molecule has 1 saturated heterocycles. The van der Waals surface area contributed by atoms with Gasteiger partial charge in [-0.05, 0) is 18.8 Å². The molecule has 0 bridgehead atoms. The van der Waals surface area contributed by atoms with Crippen LogP contribution in [0.15, 0.2) is 0 Å². The van der Waals surface area contributed by atoms with Gasteiger partial charge in [0.25, 0.3) is 0 Å². The van der Waals surface area contributed by atoms with Crippen LogP contribution in [0.1, 0.15) is 12.8 Å². The fourth-order valence-electron chi connectivity index (χ4n) is 1.88. The smallest absolute Gasteiger partial charge is 0.0701 e. The van der Waals surface area contributed by atoms with Gasteiger partial charge in [-0.15, -0.1) is 0 Å². The highest BCUT2D eigenvalue weighted by Gasteiger charge is 2.12. The molecule has 108 valence electrons. The fourth-order valence-corrected chi connectivity index (χ4v) is 1.88. The lowest BCUT2D eigenvalue weighted by atomic mass is 10.0. The van der Waals surface area contributed by atoms with Gasteiger partial charge in [-0.2, -0.15) is 0 Å². The Balaban J connectivity index is 1.73. The van der Waals surface area contributed by atoms with E-state index in [0.717, 1.165) is 32.9 Å². The van der Waals surface area contributed by atoms with Crippen molar-refractivity contribution in [3.63, 3.8) is 0 Å². The van der Waals surface area contributed by atoms with Crippen molar-refractivity contribution in [1.82, 2.24) is 5.32 Å². The molecule has 0 radical (unpaired) electrons. The maximum absolute atomic E-state index is 5.44. The Morgan fingerprint density at radius 2 is 1.89 bits per heavy atom. The van der Waals surface area contributed by atoms with Crippen LogP contribution in [0.3, 0.4) is 0 Å². The first-order valence-corrected chi connectivity index (χ1v) is 6.86. The van der Waals surface area contributed by atoms with Crippen molar-refractivity contribution in [3.05, 3.63) is 0 Å². The monoisotopic (exact) mass is 261 g/mol. The fraction of sp³-hybridized carbons (Fsp3) is 1.00. The van der Waals surface area contributed by atoms with E-state index in [2.05, 4.69) is 5.32 Å². The summed E-state index contributed by atoms with van der Waals surface area (Å²) in [6.45, 7) is 7.08. The molecule has 5 heteroatoms. The van der Waals surface area contributed by atoms with E-state index in [1.807, 2.05) is 0 Å². The minimum atomic E-state index is 0.639. The third-order valence-corrected chi connectivity index (χ3v) is 2.91. The van der Waals surface area contributed by atoms with E-state index >= 15 is 0 Å². The van der Waals surface area contributed by atoms with Crippen LogP contribution in [0.25, 0.3) is 0 Å². The molecular formula is C13H27NO4. The highest BCUT2D eigenvalue weighted by Crippen LogP contribution is 2.11. The Morgan fingerprint density at radius 1 is 1.11 bits per heavy atom. The predicted octanol–water partition coefficient (Wildman–Crippen LogP) is 0.682. The van der Waals surface area contributed by atoms with Crippen molar-refractivity contribution < 1.29 is 18.9 Å². The van der Waals surface area contributed by atoms with E-state index in [-0.39, 0.29) is 0 Å². The van der Waals surface area contributed by atoms with E-state index in [4.69, 9.17) is 18.9 Å². The highest BCUT2D eigenvalue weighted by molar-refractivity contribution is 4.65. The first-order chi connectivity index (χ1) is 8.93. The number of ether oxygens (including phenoxy) is 4. The van der Waals surface area contributed by atoms with Gasteiger partial charge >= 0.3 is 0 Å². The zero-order valence-corrected chi connectivity index (χ0v) is 11.5. The molecule has 5 nitrogen and oxygen atoms in total. The van der Waals surface area contributed by atoms with Crippen LogP contribution in [-0.2, 0) is 18.9 Å². The van der Waals surface area contributed by atoms with Gasteiger partial charge in [0.1, 0.15) is 0 Å². The lowest BCUT2D eigenvalue weighted by molar-refractivity contribution is 0.0244. The summed E-state index contributed by atoms with van der Waals surface area (Å²) in [5, 5.41) is 3.40. The molecule has 0 aromatic rings. The molecule has 1 aliphatic heterocycles. The summed E-state index contributed by atoms with van der Waals surface area (Å²) >= 11 is 0. The minimum Gasteiger partial charge on any atom is -0.382 e. The van der Waals surface area contributed by atoms with E-state index in [1.165, 1.54) is 12.8 Å². The topological polar surface area (TPSA) is 49.0 Å². The van der Waals surface area contributed by atoms with Crippen molar-refractivity contribution in [1.29, 1.82) is 0 Å². The molecule has 1 fully saturated rings. The van der Waals surface area contributed by atoms with E-state index in [1.54, 1.807) is 7.11 Å². The van der Waals surface area contributed by atoms with Crippen LogP contribution in [0, 0.1) is 5.92 Å². The van der Waals surface area contributed by atoms with Crippen molar-refractivity contribution >= 4 is 0 Å². The molecule has 0 amide bonds. The van der Waals surface area contributed by atoms with E-state index in [0.29, 0.717) is 32.3 Å². The summed E-state index contributed by atoms with van der Waals surface area (Å²) in [5.41, 5.74) is 0. The van der Waals surface area contributed by atoms with Gasteiger partial charge in [-0.3, -0.25) is 0 Å². The zero-order valence-electron chi connectivity index (χ0n) is 11.5. The maximum Gasteiger partial charge on any atom is 0.0701 e. The maximum atomic E-state index is 5.44. The summed E-state index contributed by atoms with van der Waals surface area (Å²) < 4.78 is 21.0. The van der Waals surface area contributed by atoms with Crippen molar-refractivity contribution in [2.24, 2.45) is 5.92 Å². The van der Waals surface area contributed by atoms with Gasteiger partial charge in [0.05, 0.1) is 39.6 Å². The predicted molar refractivity (Wildman–Crippen MR) is 69.9 cm³/mol. The van der Waals surface area contributed by atoms with Crippen molar-refractivity contribution in [3.8, 4) is 0 Å². The largest absolute Gasteiger partial charge is 0.382 e. The highest BCUT2D eigenvalue weighted by atomic mass is 16.5. The Hall–Kier alpha value is -0.200. The summed E-state index contributed by atoms with van der Waals surface area (Å²) in [4.78, 5) is 0. The van der Waals surface area contributed by atoms with E-state index in [9.17, 15) is 0 Å². The second kappa shape index (κ2) is 11.9. The average molecular weight is 261 g/mol. The molecule has 0 aliphatic carbocycles. The van der Waals surface area contributed by atoms with Gasteiger partial charge in [-0.1, -0.05) is 0 Å². The van der Waals surface area contributed by atoms with Crippen LogP contribution in [-0.4, -0.2) is 66.4 Å². The first-order valence-electron chi connectivity index (χ1n) is 6.86. The molecule has 1 aliphatic rings. The third kappa shape index (κ3) is 8.83. The quantitative estimate of drug-likeness (QED) is 0.554. The molecule has 1 N–H and O–H groups in total. The SMILES string of the molecule is COCCOCCOCCNCC1CCCOC1. The second-order valence-corrected chi connectivity index (χ2v) is 4.50. The molecule has 0 spiro atoms. The summed E-state index contributed by atoms with van der Waals surface area (Å²) in [7, 11) is 1.67. The summed E-state index contributed by atoms with van der Waals surface area (Å²) in [5.74, 6) is 0.677. The minimum absolute atomic E-state index is 0.639. The van der Waals surface area contributed by atoms with Crippen molar-refractivity contribution in [2.45, 2.75) is 12.8 Å². The molecule has 1 unspecified atom stereocenters. The Labute approximate surface area is 110 Å². The van der Waals surface area contributed by atoms with Gasteiger partial charge in [-0.25, -0.2) is 0 Å². The molecule has 0 aromatic heterocycles. The lowest BCUT2D eigenvalue weighted by Crippen LogP contribution is -2.31. The zero-order chi connectivity index (χ0) is 12.9. The molecule has 18 heavy (non-hydrogen) atoms. The van der Waals surface area contributed by atoms with Gasteiger partial charge in [0.15, 0.2) is 0 Å². The lowest BCUT2D eigenvalue weighted by Gasteiger charge is -2.22. The number of nitrogens with one attached hydrogen (secondary N) is 1. The molecule has 1 heterocycles. The number of hydrogen-bond donors (Lipinski definition) is 1. The number of hydrogen-bond acceptors (Lipinski definition) is 5. The van der Waals surface area contributed by atoms with Gasteiger partial charge in [0.2, 0.25) is 0 Å². The molecule has 0 saturated carbocycles. The molecule has 0 aromatic carbocycles.